The minimum atomic E-state index is -0.662. The molecule has 6 nitrogen and oxygen atoms in total. The molecule has 1 aliphatic rings. The normalized spacial score (nSPS) is 13.5. The lowest BCUT2D eigenvalue weighted by atomic mass is 10.0. The quantitative estimate of drug-likeness (QED) is 0.849. The van der Waals surface area contributed by atoms with Gasteiger partial charge in [-0.25, -0.2) is 4.98 Å². The van der Waals surface area contributed by atoms with Crippen LogP contribution in [0, 0.1) is 5.95 Å². The summed E-state index contributed by atoms with van der Waals surface area (Å²) in [6.45, 7) is 0. The van der Waals surface area contributed by atoms with Crippen LogP contribution in [0.2, 0.25) is 0 Å². The predicted octanol–water partition coefficient (Wildman–Crippen LogP) is 2.42. The van der Waals surface area contributed by atoms with Crippen molar-refractivity contribution in [2.75, 3.05) is 29.6 Å². The first kappa shape index (κ1) is 15.9. The number of hydrogen-bond donors (Lipinski definition) is 2. The Kier molecular flexibility index (Phi) is 4.16. The van der Waals surface area contributed by atoms with Gasteiger partial charge in [0, 0.05) is 31.9 Å². The summed E-state index contributed by atoms with van der Waals surface area (Å²) in [6.07, 6.45) is 1.18. The van der Waals surface area contributed by atoms with Crippen LogP contribution in [0.5, 0.6) is 0 Å². The molecule has 0 aliphatic carbocycles. The monoisotopic (exact) mass is 328 g/mol. The minimum Gasteiger partial charge on any atom is -0.372 e. The van der Waals surface area contributed by atoms with Crippen molar-refractivity contribution in [1.82, 2.24) is 4.98 Å². The Morgan fingerprint density at radius 2 is 2.04 bits per heavy atom. The van der Waals surface area contributed by atoms with E-state index >= 15 is 0 Å². The highest BCUT2D eigenvalue weighted by Crippen LogP contribution is 2.30. The maximum absolute atomic E-state index is 13.2. The van der Waals surface area contributed by atoms with Crippen molar-refractivity contribution in [3.05, 3.63) is 47.4 Å². The first-order valence-electron chi connectivity index (χ1n) is 7.54. The summed E-state index contributed by atoms with van der Waals surface area (Å²) in [5, 5.41) is 5.46. The van der Waals surface area contributed by atoms with Gasteiger partial charge in [0.25, 0.3) is 5.91 Å². The van der Waals surface area contributed by atoms with Gasteiger partial charge in [0.1, 0.15) is 5.82 Å². The van der Waals surface area contributed by atoms with Crippen molar-refractivity contribution in [2.24, 2.45) is 0 Å². The summed E-state index contributed by atoms with van der Waals surface area (Å²) in [4.78, 5) is 29.5. The van der Waals surface area contributed by atoms with Gasteiger partial charge in [-0.15, -0.1) is 0 Å². The van der Waals surface area contributed by atoms with Crippen LogP contribution in [0.25, 0.3) is 0 Å². The van der Waals surface area contributed by atoms with E-state index in [1.807, 2.05) is 6.07 Å². The third kappa shape index (κ3) is 2.92. The van der Waals surface area contributed by atoms with E-state index in [2.05, 4.69) is 15.6 Å². The average Bonchev–Trinajstić information content (AvgIpc) is 2.58. The standard InChI is InChI=1S/C17H17FN4O2/c1-19-16-12(6-7-14(18)21-16)17(24)20-11-5-3-10-4-8-15(23)22(2)13(10)9-11/h3,5-7,9H,4,8H2,1-2H3,(H,19,21)(H,20,24). The molecule has 7 heteroatoms. The van der Waals surface area contributed by atoms with E-state index in [9.17, 15) is 14.0 Å². The number of rotatable bonds is 3. The summed E-state index contributed by atoms with van der Waals surface area (Å²) < 4.78 is 13.2. The number of halogens is 1. The molecule has 124 valence electrons. The lowest BCUT2D eigenvalue weighted by molar-refractivity contribution is -0.118. The zero-order valence-electron chi connectivity index (χ0n) is 13.4. The number of nitrogens with zero attached hydrogens (tertiary/aromatic N) is 2. The number of amides is 2. The highest BCUT2D eigenvalue weighted by molar-refractivity contribution is 6.08. The molecule has 2 aromatic rings. The fraction of sp³-hybridized carbons (Fsp3) is 0.235. The van der Waals surface area contributed by atoms with Crippen molar-refractivity contribution in [3.63, 3.8) is 0 Å². The molecule has 0 saturated heterocycles. The van der Waals surface area contributed by atoms with E-state index in [0.29, 0.717) is 18.5 Å². The zero-order valence-corrected chi connectivity index (χ0v) is 13.4. The Labute approximate surface area is 138 Å². The van der Waals surface area contributed by atoms with Gasteiger partial charge < -0.3 is 15.5 Å². The van der Waals surface area contributed by atoms with Crippen LogP contribution < -0.4 is 15.5 Å². The fourth-order valence-electron chi connectivity index (χ4n) is 2.72. The number of anilines is 3. The van der Waals surface area contributed by atoms with Crippen molar-refractivity contribution < 1.29 is 14.0 Å². The van der Waals surface area contributed by atoms with E-state index in [-0.39, 0.29) is 17.3 Å². The van der Waals surface area contributed by atoms with Gasteiger partial charge in [0.15, 0.2) is 0 Å². The smallest absolute Gasteiger partial charge is 0.259 e. The van der Waals surface area contributed by atoms with Crippen LogP contribution >= 0.6 is 0 Å². The third-order valence-corrected chi connectivity index (χ3v) is 4.03. The van der Waals surface area contributed by atoms with E-state index < -0.39 is 11.9 Å². The number of carbonyl (C=O) groups excluding carboxylic acids is 2. The van der Waals surface area contributed by atoms with Crippen LogP contribution in [0.1, 0.15) is 22.3 Å². The van der Waals surface area contributed by atoms with Crippen LogP contribution in [-0.2, 0) is 11.2 Å². The van der Waals surface area contributed by atoms with Crippen LogP contribution in [0.15, 0.2) is 30.3 Å². The van der Waals surface area contributed by atoms with Crippen LogP contribution in [0.3, 0.4) is 0 Å². The average molecular weight is 328 g/mol. The van der Waals surface area contributed by atoms with Crippen LogP contribution in [0.4, 0.5) is 21.6 Å². The zero-order chi connectivity index (χ0) is 17.3. The molecule has 0 fully saturated rings. The van der Waals surface area contributed by atoms with E-state index in [1.165, 1.54) is 6.07 Å². The second kappa shape index (κ2) is 6.27. The molecule has 0 radical (unpaired) electrons. The third-order valence-electron chi connectivity index (χ3n) is 4.03. The van der Waals surface area contributed by atoms with Gasteiger partial charge in [0.05, 0.1) is 5.56 Å². The molecule has 2 heterocycles. The van der Waals surface area contributed by atoms with Gasteiger partial charge in [-0.2, -0.15) is 4.39 Å². The lowest BCUT2D eigenvalue weighted by Crippen LogP contribution is -2.31. The van der Waals surface area contributed by atoms with Crippen molar-refractivity contribution in [3.8, 4) is 0 Å². The van der Waals surface area contributed by atoms with E-state index in [4.69, 9.17) is 0 Å². The Morgan fingerprint density at radius 3 is 2.79 bits per heavy atom. The highest BCUT2D eigenvalue weighted by Gasteiger charge is 2.21. The summed E-state index contributed by atoms with van der Waals surface area (Å²) in [7, 11) is 3.28. The van der Waals surface area contributed by atoms with Gasteiger partial charge in [-0.1, -0.05) is 6.07 Å². The van der Waals surface area contributed by atoms with Crippen molar-refractivity contribution in [2.45, 2.75) is 12.8 Å². The van der Waals surface area contributed by atoms with Crippen LogP contribution in [-0.4, -0.2) is 30.9 Å². The molecule has 2 amide bonds. The van der Waals surface area contributed by atoms with Crippen molar-refractivity contribution >= 4 is 29.0 Å². The van der Waals surface area contributed by atoms with Gasteiger partial charge in [-0.3, -0.25) is 9.59 Å². The molecule has 0 bridgehead atoms. The summed E-state index contributed by atoms with van der Waals surface area (Å²) in [5.41, 5.74) is 2.65. The minimum absolute atomic E-state index is 0.0474. The van der Waals surface area contributed by atoms with Crippen molar-refractivity contribution in [1.29, 1.82) is 0 Å². The Balaban J connectivity index is 1.87. The highest BCUT2D eigenvalue weighted by atomic mass is 19.1. The lowest BCUT2D eigenvalue weighted by Gasteiger charge is -2.26. The summed E-state index contributed by atoms with van der Waals surface area (Å²) >= 11 is 0. The molecule has 3 rings (SSSR count). The van der Waals surface area contributed by atoms with Gasteiger partial charge in [0.2, 0.25) is 11.9 Å². The Hall–Kier alpha value is -2.96. The molecule has 0 saturated carbocycles. The summed E-state index contributed by atoms with van der Waals surface area (Å²) in [5.74, 6) is -0.856. The maximum atomic E-state index is 13.2. The number of fused-ring (bicyclic) bond motifs is 1. The topological polar surface area (TPSA) is 74.3 Å². The first-order valence-corrected chi connectivity index (χ1v) is 7.54. The number of hydrogen-bond acceptors (Lipinski definition) is 4. The molecule has 1 aromatic heterocycles. The van der Waals surface area contributed by atoms with E-state index in [0.717, 1.165) is 17.3 Å². The molecule has 2 N–H and O–H groups in total. The molecule has 0 atom stereocenters. The fourth-order valence-corrected chi connectivity index (χ4v) is 2.72. The molecule has 1 aliphatic heterocycles. The number of nitrogens with one attached hydrogen (secondary N) is 2. The number of pyridine rings is 1. The predicted molar refractivity (Wildman–Crippen MR) is 89.9 cm³/mol. The number of aryl methyl sites for hydroxylation is 1. The number of carbonyl (C=O) groups is 2. The largest absolute Gasteiger partial charge is 0.372 e. The molecule has 0 unspecified atom stereocenters. The first-order chi connectivity index (χ1) is 11.5. The summed E-state index contributed by atoms with van der Waals surface area (Å²) in [6, 6.07) is 7.96. The molecular weight excluding hydrogens is 311 g/mol. The molecule has 24 heavy (non-hydrogen) atoms. The number of benzene rings is 1. The van der Waals surface area contributed by atoms with Gasteiger partial charge in [-0.05, 0) is 36.2 Å². The Bertz CT molecular complexity index is 822. The van der Waals surface area contributed by atoms with Gasteiger partial charge >= 0.3 is 0 Å². The second-order valence-corrected chi connectivity index (χ2v) is 5.53. The molecule has 1 aromatic carbocycles. The van der Waals surface area contributed by atoms with E-state index in [1.54, 1.807) is 31.1 Å². The SMILES string of the molecule is CNc1nc(F)ccc1C(=O)Nc1ccc2c(c1)N(C)C(=O)CC2. The molecular formula is C17H17FN4O2. The number of aromatic nitrogens is 1. The Morgan fingerprint density at radius 1 is 1.25 bits per heavy atom. The molecule has 0 spiro atoms. The maximum Gasteiger partial charge on any atom is 0.259 e. The second-order valence-electron chi connectivity index (χ2n) is 5.53.